The molecule has 0 aromatic carbocycles. The summed E-state index contributed by atoms with van der Waals surface area (Å²) in [4.78, 5) is 28.2. The zero-order valence-electron chi connectivity index (χ0n) is 9.28. The van der Waals surface area contributed by atoms with Crippen molar-refractivity contribution in [2.45, 2.75) is 18.6 Å². The van der Waals surface area contributed by atoms with Crippen LogP contribution < -0.4 is 0 Å². The fourth-order valence-electron chi connectivity index (χ4n) is 1.97. The molecule has 2 heterocycles. The second-order valence-corrected chi connectivity index (χ2v) is 5.01. The van der Waals surface area contributed by atoms with Gasteiger partial charge in [-0.1, -0.05) is 0 Å². The molecule has 0 saturated carbocycles. The number of carboxylic acids is 1. The number of carbonyl (C=O) groups excluding carboxylic acids is 1. The highest BCUT2D eigenvalue weighted by molar-refractivity contribution is 9.10. The maximum atomic E-state index is 12.2. The number of aliphatic carboxylic acids is 1. The topological polar surface area (TPSA) is 90.7 Å². The van der Waals surface area contributed by atoms with Crippen LogP contribution >= 0.6 is 15.9 Å². The van der Waals surface area contributed by atoms with Crippen LogP contribution in [0.25, 0.3) is 0 Å². The Morgan fingerprint density at radius 2 is 2.17 bits per heavy atom. The first kappa shape index (κ1) is 13.0. The van der Waals surface area contributed by atoms with Gasteiger partial charge in [-0.15, -0.1) is 0 Å². The number of β-amino-alcohol motifs (C(OH)–C–C–N with tert-alkyl or cyclic N) is 1. The Hall–Kier alpha value is -1.47. The summed E-state index contributed by atoms with van der Waals surface area (Å²) in [7, 11) is 0. The third-order valence-electron chi connectivity index (χ3n) is 2.78. The number of halogens is 1. The van der Waals surface area contributed by atoms with Gasteiger partial charge >= 0.3 is 5.97 Å². The monoisotopic (exact) mass is 314 g/mol. The third-order valence-corrected chi connectivity index (χ3v) is 3.21. The van der Waals surface area contributed by atoms with Gasteiger partial charge in [0.1, 0.15) is 6.04 Å². The van der Waals surface area contributed by atoms with E-state index >= 15 is 0 Å². The minimum atomic E-state index is -1.11. The van der Waals surface area contributed by atoms with Crippen molar-refractivity contribution in [3.63, 3.8) is 0 Å². The molecule has 0 spiro atoms. The zero-order chi connectivity index (χ0) is 13.3. The predicted molar refractivity (Wildman–Crippen MR) is 65.0 cm³/mol. The average molecular weight is 315 g/mol. The van der Waals surface area contributed by atoms with Crippen molar-refractivity contribution in [2.24, 2.45) is 0 Å². The average Bonchev–Trinajstić information content (AvgIpc) is 2.70. The van der Waals surface area contributed by atoms with Gasteiger partial charge in [-0.2, -0.15) is 0 Å². The molecule has 2 rings (SSSR count). The summed E-state index contributed by atoms with van der Waals surface area (Å²) in [6, 6.07) is 0.588. The van der Waals surface area contributed by atoms with Crippen LogP contribution in [0.2, 0.25) is 0 Å². The number of carbonyl (C=O) groups is 2. The van der Waals surface area contributed by atoms with Gasteiger partial charge in [0.25, 0.3) is 5.91 Å². The lowest BCUT2D eigenvalue weighted by molar-refractivity contribution is -0.141. The van der Waals surface area contributed by atoms with Gasteiger partial charge in [0.2, 0.25) is 0 Å². The van der Waals surface area contributed by atoms with Crippen LogP contribution in [0.3, 0.4) is 0 Å². The van der Waals surface area contributed by atoms with Gasteiger partial charge in [-0.05, 0) is 22.0 Å². The van der Waals surface area contributed by atoms with E-state index in [9.17, 15) is 14.7 Å². The van der Waals surface area contributed by atoms with Crippen molar-refractivity contribution in [1.82, 2.24) is 9.88 Å². The first-order chi connectivity index (χ1) is 8.49. The lowest BCUT2D eigenvalue weighted by Gasteiger charge is -2.20. The molecule has 0 bridgehead atoms. The van der Waals surface area contributed by atoms with E-state index < -0.39 is 24.0 Å². The van der Waals surface area contributed by atoms with Crippen LogP contribution in [0.5, 0.6) is 0 Å². The summed E-state index contributed by atoms with van der Waals surface area (Å²) < 4.78 is 0.639. The lowest BCUT2D eigenvalue weighted by atomic mass is 10.2. The quantitative estimate of drug-likeness (QED) is 0.829. The Morgan fingerprint density at radius 3 is 2.78 bits per heavy atom. The van der Waals surface area contributed by atoms with Crippen LogP contribution in [0.1, 0.15) is 16.8 Å². The molecular formula is C11H11BrN2O4. The fourth-order valence-corrected chi connectivity index (χ4v) is 2.33. The highest BCUT2D eigenvalue weighted by atomic mass is 79.9. The minimum Gasteiger partial charge on any atom is -0.480 e. The second-order valence-electron chi connectivity index (χ2n) is 4.09. The maximum absolute atomic E-state index is 12.2. The van der Waals surface area contributed by atoms with E-state index in [1.165, 1.54) is 12.4 Å². The number of carboxylic acid groups (broad SMARTS) is 1. The molecule has 7 heteroatoms. The maximum Gasteiger partial charge on any atom is 0.326 e. The van der Waals surface area contributed by atoms with Gasteiger partial charge in [-0.3, -0.25) is 9.78 Å². The smallest absolute Gasteiger partial charge is 0.326 e. The molecule has 2 atom stereocenters. The Balaban J connectivity index is 2.25. The summed E-state index contributed by atoms with van der Waals surface area (Å²) in [6.07, 6.45) is 2.17. The summed E-state index contributed by atoms with van der Waals surface area (Å²) in [5.74, 6) is -1.55. The van der Waals surface area contributed by atoms with Crippen LogP contribution in [-0.4, -0.2) is 50.7 Å². The molecule has 2 N–H and O–H groups in total. The van der Waals surface area contributed by atoms with Gasteiger partial charge in [0.15, 0.2) is 0 Å². The van der Waals surface area contributed by atoms with Crippen molar-refractivity contribution in [1.29, 1.82) is 0 Å². The van der Waals surface area contributed by atoms with E-state index in [0.29, 0.717) is 10.0 Å². The molecular weight excluding hydrogens is 304 g/mol. The van der Waals surface area contributed by atoms with Crippen molar-refractivity contribution < 1.29 is 19.8 Å². The number of aliphatic hydroxyl groups excluding tert-OH is 1. The molecule has 0 radical (unpaired) electrons. The number of nitrogens with zero attached hydrogens (tertiary/aromatic N) is 2. The van der Waals surface area contributed by atoms with E-state index in [2.05, 4.69) is 20.9 Å². The highest BCUT2D eigenvalue weighted by Crippen LogP contribution is 2.21. The van der Waals surface area contributed by atoms with Crippen LogP contribution in [-0.2, 0) is 4.79 Å². The molecule has 1 aromatic heterocycles. The molecule has 0 unspecified atom stereocenters. The number of hydrogen-bond donors (Lipinski definition) is 2. The molecule has 6 nitrogen and oxygen atoms in total. The second kappa shape index (κ2) is 5.03. The number of likely N-dealkylation sites (tertiary alicyclic amines) is 1. The predicted octanol–water partition coefficient (Wildman–Crippen LogP) is 0.504. The van der Waals surface area contributed by atoms with E-state index in [4.69, 9.17) is 5.11 Å². The van der Waals surface area contributed by atoms with Gasteiger partial charge in [0.05, 0.1) is 11.7 Å². The normalized spacial score (nSPS) is 23.1. The third kappa shape index (κ3) is 2.51. The molecule has 1 amide bonds. The summed E-state index contributed by atoms with van der Waals surface area (Å²) in [6.45, 7) is 0.0301. The molecule has 1 aliphatic heterocycles. The van der Waals surface area contributed by atoms with Crippen molar-refractivity contribution in [2.75, 3.05) is 6.54 Å². The van der Waals surface area contributed by atoms with Crippen LogP contribution in [0, 0.1) is 0 Å². The Bertz CT molecular complexity index is 494. The lowest BCUT2D eigenvalue weighted by Crippen LogP contribution is -2.40. The van der Waals surface area contributed by atoms with E-state index in [-0.39, 0.29) is 13.0 Å². The number of rotatable bonds is 2. The molecule has 1 aliphatic rings. The van der Waals surface area contributed by atoms with Crippen molar-refractivity contribution >= 4 is 27.8 Å². The Morgan fingerprint density at radius 1 is 1.44 bits per heavy atom. The van der Waals surface area contributed by atoms with Crippen LogP contribution in [0.15, 0.2) is 22.9 Å². The van der Waals surface area contributed by atoms with Crippen molar-refractivity contribution in [3.05, 3.63) is 28.5 Å². The summed E-state index contributed by atoms with van der Waals surface area (Å²) in [5, 5.41) is 18.5. The number of amides is 1. The van der Waals surface area contributed by atoms with E-state index in [0.717, 1.165) is 4.90 Å². The SMILES string of the molecule is O=C(O)[C@H]1C[C@@H](O)CN1C(=O)c1cncc(Br)c1. The molecule has 18 heavy (non-hydrogen) atoms. The number of aliphatic hydroxyl groups is 1. The van der Waals surface area contributed by atoms with Gasteiger partial charge in [0, 0.05) is 29.8 Å². The van der Waals surface area contributed by atoms with Gasteiger partial charge in [-0.25, -0.2) is 4.79 Å². The summed E-state index contributed by atoms with van der Waals surface area (Å²) >= 11 is 3.20. The molecule has 96 valence electrons. The minimum absolute atomic E-state index is 0.0301. The number of pyridine rings is 1. The largest absolute Gasteiger partial charge is 0.480 e. The fraction of sp³-hybridized carbons (Fsp3) is 0.364. The van der Waals surface area contributed by atoms with E-state index in [1.807, 2.05) is 0 Å². The number of aromatic nitrogens is 1. The first-order valence-corrected chi connectivity index (χ1v) is 6.10. The molecule has 1 aromatic rings. The first-order valence-electron chi connectivity index (χ1n) is 5.31. The zero-order valence-corrected chi connectivity index (χ0v) is 10.9. The van der Waals surface area contributed by atoms with Gasteiger partial charge < -0.3 is 15.1 Å². The Kier molecular flexibility index (Phi) is 3.63. The number of hydrogen-bond acceptors (Lipinski definition) is 4. The molecule has 1 saturated heterocycles. The summed E-state index contributed by atoms with van der Waals surface area (Å²) in [5.41, 5.74) is 0.296. The van der Waals surface area contributed by atoms with Crippen molar-refractivity contribution in [3.8, 4) is 0 Å². The van der Waals surface area contributed by atoms with Crippen LogP contribution in [0.4, 0.5) is 0 Å². The highest BCUT2D eigenvalue weighted by Gasteiger charge is 2.39. The Labute approximate surface area is 111 Å². The standard InChI is InChI=1S/C11H11BrN2O4/c12-7-1-6(3-13-4-7)10(16)14-5-8(15)2-9(14)11(17)18/h1,3-4,8-9,15H,2,5H2,(H,17,18)/t8-,9-/m1/s1. The van der Waals surface area contributed by atoms with E-state index in [1.54, 1.807) is 6.07 Å². The molecule has 1 fully saturated rings. The molecule has 0 aliphatic carbocycles.